The molecular formula is C11H19N3. The molecule has 14 heavy (non-hydrogen) atoms. The number of nitrogens with one attached hydrogen (secondary N) is 3. The van der Waals surface area contributed by atoms with E-state index in [1.54, 1.807) is 0 Å². The lowest BCUT2D eigenvalue weighted by molar-refractivity contribution is 0.465. The molecule has 1 aromatic rings. The van der Waals surface area contributed by atoms with Gasteiger partial charge in [-0.15, -0.1) is 0 Å². The van der Waals surface area contributed by atoms with E-state index in [0.717, 1.165) is 12.5 Å². The van der Waals surface area contributed by atoms with Crippen LogP contribution in [0, 0.1) is 5.92 Å². The fourth-order valence-electron chi connectivity index (χ4n) is 1.96. The van der Waals surface area contributed by atoms with E-state index in [4.69, 9.17) is 0 Å². The highest BCUT2D eigenvalue weighted by molar-refractivity contribution is 5.07. The van der Waals surface area contributed by atoms with Crippen LogP contribution in [-0.2, 0) is 0 Å². The minimum Gasteiger partial charge on any atom is -0.364 e. The summed E-state index contributed by atoms with van der Waals surface area (Å²) in [6.45, 7) is 5.68. The molecule has 0 bridgehead atoms. The number of H-pyrrole nitrogens is 1. The summed E-state index contributed by atoms with van der Waals surface area (Å²) in [7, 11) is 0. The molecule has 0 aliphatic carbocycles. The van der Waals surface area contributed by atoms with Crippen molar-refractivity contribution < 1.29 is 0 Å². The molecule has 1 aromatic heterocycles. The monoisotopic (exact) mass is 193 g/mol. The highest BCUT2D eigenvalue weighted by Gasteiger charge is 2.15. The van der Waals surface area contributed by atoms with Gasteiger partial charge in [0.25, 0.3) is 0 Å². The van der Waals surface area contributed by atoms with Gasteiger partial charge in [-0.1, -0.05) is 0 Å². The largest absolute Gasteiger partial charge is 0.364 e. The maximum atomic E-state index is 3.56. The van der Waals surface area contributed by atoms with Crippen LogP contribution in [0.2, 0.25) is 0 Å². The molecule has 78 valence electrons. The van der Waals surface area contributed by atoms with Gasteiger partial charge in [-0.05, 0) is 51.0 Å². The lowest BCUT2D eigenvalue weighted by Crippen LogP contribution is -2.27. The fourth-order valence-corrected chi connectivity index (χ4v) is 1.96. The topological polar surface area (TPSA) is 39.8 Å². The Bertz CT molecular complexity index is 250. The van der Waals surface area contributed by atoms with Crippen LogP contribution in [0.3, 0.4) is 0 Å². The molecule has 1 aliphatic heterocycles. The van der Waals surface area contributed by atoms with Crippen molar-refractivity contribution in [3.8, 4) is 0 Å². The molecule has 0 amide bonds. The van der Waals surface area contributed by atoms with E-state index in [-0.39, 0.29) is 0 Å². The lowest BCUT2D eigenvalue weighted by Gasteiger charge is -2.15. The molecule has 0 saturated carbocycles. The third kappa shape index (κ3) is 2.36. The zero-order valence-corrected chi connectivity index (χ0v) is 8.72. The highest BCUT2D eigenvalue weighted by Crippen LogP contribution is 2.11. The van der Waals surface area contributed by atoms with Gasteiger partial charge in [0.05, 0.1) is 0 Å². The van der Waals surface area contributed by atoms with E-state index in [2.05, 4.69) is 28.6 Å². The number of aromatic amines is 1. The van der Waals surface area contributed by atoms with Gasteiger partial charge in [0, 0.05) is 17.9 Å². The molecule has 3 N–H and O–H groups in total. The normalized spacial score (nSPS) is 23.9. The average molecular weight is 193 g/mol. The predicted molar refractivity (Wildman–Crippen MR) is 58.2 cm³/mol. The van der Waals surface area contributed by atoms with Crippen LogP contribution in [-0.4, -0.2) is 24.6 Å². The molecular weight excluding hydrogens is 174 g/mol. The molecule has 0 unspecified atom stereocenters. The zero-order chi connectivity index (χ0) is 9.80. The van der Waals surface area contributed by atoms with E-state index in [9.17, 15) is 0 Å². The van der Waals surface area contributed by atoms with Crippen LogP contribution in [0.25, 0.3) is 0 Å². The molecule has 0 spiro atoms. The Labute approximate surface area is 85.3 Å². The van der Waals surface area contributed by atoms with Crippen molar-refractivity contribution in [2.45, 2.75) is 19.4 Å². The quantitative estimate of drug-likeness (QED) is 0.674. The van der Waals surface area contributed by atoms with Gasteiger partial charge < -0.3 is 15.6 Å². The van der Waals surface area contributed by atoms with E-state index in [1.807, 2.05) is 12.3 Å². The third-order valence-corrected chi connectivity index (χ3v) is 2.96. The van der Waals surface area contributed by atoms with Crippen LogP contribution in [0.15, 0.2) is 18.3 Å². The second-order valence-electron chi connectivity index (χ2n) is 4.11. The van der Waals surface area contributed by atoms with Crippen LogP contribution in [0.1, 0.15) is 25.1 Å². The van der Waals surface area contributed by atoms with Crippen LogP contribution in [0.5, 0.6) is 0 Å². The van der Waals surface area contributed by atoms with Gasteiger partial charge in [-0.3, -0.25) is 0 Å². The molecule has 1 saturated heterocycles. The summed E-state index contributed by atoms with van der Waals surface area (Å²) in [6.07, 6.45) is 3.29. The number of hydrogen-bond donors (Lipinski definition) is 3. The molecule has 2 heterocycles. The maximum Gasteiger partial charge on any atom is 0.0444 e. The summed E-state index contributed by atoms with van der Waals surface area (Å²) in [4.78, 5) is 3.23. The number of hydrogen-bond acceptors (Lipinski definition) is 2. The minimum atomic E-state index is 0.436. The molecule has 3 nitrogen and oxygen atoms in total. The first-order valence-corrected chi connectivity index (χ1v) is 5.43. The van der Waals surface area contributed by atoms with Gasteiger partial charge >= 0.3 is 0 Å². The average Bonchev–Trinajstić information content (AvgIpc) is 2.87. The molecule has 1 fully saturated rings. The van der Waals surface area contributed by atoms with Crippen molar-refractivity contribution in [3.05, 3.63) is 24.0 Å². The minimum absolute atomic E-state index is 0.436. The summed E-state index contributed by atoms with van der Waals surface area (Å²) < 4.78 is 0. The van der Waals surface area contributed by atoms with Crippen molar-refractivity contribution in [3.63, 3.8) is 0 Å². The van der Waals surface area contributed by atoms with Crippen molar-refractivity contribution in [1.29, 1.82) is 0 Å². The Balaban J connectivity index is 1.74. The zero-order valence-electron chi connectivity index (χ0n) is 8.72. The smallest absolute Gasteiger partial charge is 0.0444 e. The lowest BCUT2D eigenvalue weighted by atomic mass is 10.1. The number of rotatable bonds is 4. The fraction of sp³-hybridized carbons (Fsp3) is 0.636. The second-order valence-corrected chi connectivity index (χ2v) is 4.11. The van der Waals surface area contributed by atoms with Crippen LogP contribution in [0.4, 0.5) is 0 Å². The van der Waals surface area contributed by atoms with Crippen molar-refractivity contribution in [1.82, 2.24) is 15.6 Å². The van der Waals surface area contributed by atoms with E-state index in [1.165, 1.54) is 25.2 Å². The van der Waals surface area contributed by atoms with Crippen LogP contribution >= 0.6 is 0 Å². The van der Waals surface area contributed by atoms with E-state index >= 15 is 0 Å². The Morgan fingerprint density at radius 1 is 1.64 bits per heavy atom. The maximum absolute atomic E-state index is 3.56. The molecule has 3 heteroatoms. The Kier molecular flexibility index (Phi) is 3.22. The standard InChI is InChI=1S/C11H19N3/c1-9(11-3-2-5-13-11)14-8-10-4-6-12-7-10/h2-3,5,9-10,12-14H,4,6-8H2,1H3/t9-,10+/m0/s1. The third-order valence-electron chi connectivity index (χ3n) is 2.96. The summed E-state index contributed by atoms with van der Waals surface area (Å²) in [6, 6.07) is 4.61. The summed E-state index contributed by atoms with van der Waals surface area (Å²) in [5.74, 6) is 0.812. The Hall–Kier alpha value is -0.800. The highest BCUT2D eigenvalue weighted by atomic mass is 15.0. The van der Waals surface area contributed by atoms with Gasteiger partial charge in [0.2, 0.25) is 0 Å². The first-order valence-electron chi connectivity index (χ1n) is 5.43. The predicted octanol–water partition coefficient (Wildman–Crippen LogP) is 1.27. The first-order chi connectivity index (χ1) is 6.86. The van der Waals surface area contributed by atoms with Crippen molar-refractivity contribution in [2.24, 2.45) is 5.92 Å². The number of aromatic nitrogens is 1. The molecule has 2 rings (SSSR count). The van der Waals surface area contributed by atoms with Gasteiger partial charge in [0.15, 0.2) is 0 Å². The van der Waals surface area contributed by atoms with Gasteiger partial charge in [-0.25, -0.2) is 0 Å². The van der Waals surface area contributed by atoms with E-state index < -0.39 is 0 Å². The first kappa shape index (κ1) is 9.74. The summed E-state index contributed by atoms with van der Waals surface area (Å²) in [5, 5.41) is 6.94. The summed E-state index contributed by atoms with van der Waals surface area (Å²) in [5.41, 5.74) is 1.27. The molecule has 0 radical (unpaired) electrons. The Morgan fingerprint density at radius 2 is 2.57 bits per heavy atom. The second kappa shape index (κ2) is 4.62. The Morgan fingerprint density at radius 3 is 3.21 bits per heavy atom. The van der Waals surface area contributed by atoms with Gasteiger partial charge in [-0.2, -0.15) is 0 Å². The van der Waals surface area contributed by atoms with Gasteiger partial charge in [0.1, 0.15) is 0 Å². The molecule has 0 aromatic carbocycles. The van der Waals surface area contributed by atoms with Crippen molar-refractivity contribution >= 4 is 0 Å². The van der Waals surface area contributed by atoms with Crippen LogP contribution < -0.4 is 10.6 Å². The molecule has 2 atom stereocenters. The summed E-state index contributed by atoms with van der Waals surface area (Å²) >= 11 is 0. The van der Waals surface area contributed by atoms with E-state index in [0.29, 0.717) is 6.04 Å². The molecule has 1 aliphatic rings. The SMILES string of the molecule is C[C@H](NC[C@@H]1CCNC1)c1ccc[nH]1. The van der Waals surface area contributed by atoms with Crippen molar-refractivity contribution in [2.75, 3.05) is 19.6 Å².